The van der Waals surface area contributed by atoms with Gasteiger partial charge in [0.15, 0.2) is 0 Å². The van der Waals surface area contributed by atoms with E-state index in [1.165, 1.54) is 11.6 Å². The summed E-state index contributed by atoms with van der Waals surface area (Å²) in [5.41, 5.74) is 3.56. The van der Waals surface area contributed by atoms with Gasteiger partial charge in [-0.15, -0.1) is 0 Å². The molecule has 198 valence electrons. The van der Waals surface area contributed by atoms with E-state index in [0.717, 1.165) is 68.8 Å². The molecule has 0 heterocycles. The summed E-state index contributed by atoms with van der Waals surface area (Å²) in [4.78, 5) is 0. The molecule has 0 spiro atoms. The van der Waals surface area contributed by atoms with Gasteiger partial charge in [0.25, 0.3) is 0 Å². The largest absolute Gasteiger partial charge is 0.388 e. The summed E-state index contributed by atoms with van der Waals surface area (Å²) in [6.45, 7) is 18.9. The van der Waals surface area contributed by atoms with Crippen LogP contribution in [0.5, 0.6) is 0 Å². The Morgan fingerprint density at radius 3 is 2.38 bits per heavy atom. The molecular weight excluding hydrogens is 447 g/mol. The number of allylic oxidation sites excluding steroid dienone is 4. The summed E-state index contributed by atoms with van der Waals surface area (Å²) < 4.78 is 36.3. The van der Waals surface area contributed by atoms with Crippen LogP contribution in [0, 0.1) is 17.3 Å². The Balaban J connectivity index is 0.00000258. The SMILES string of the molecule is C=C1/C(=C\C=C2/CCCC(C)(C(CC)CC/C=C(/F)S(C)(=O)=O)C2C)CCCC1O.CC.CC. The summed E-state index contributed by atoms with van der Waals surface area (Å²) in [6, 6.07) is 0. The molecule has 2 aliphatic rings. The molecule has 0 aromatic heterocycles. The van der Waals surface area contributed by atoms with Crippen LogP contribution in [0.25, 0.3) is 0 Å². The molecule has 2 aliphatic carbocycles. The van der Waals surface area contributed by atoms with Gasteiger partial charge in [-0.2, -0.15) is 4.39 Å². The molecule has 0 aliphatic heterocycles. The monoisotopic (exact) mass is 498 g/mol. The zero-order chi connectivity index (χ0) is 26.5. The maximum absolute atomic E-state index is 13.7. The molecule has 0 radical (unpaired) electrons. The van der Waals surface area contributed by atoms with Crippen LogP contribution in [0.4, 0.5) is 4.39 Å². The molecule has 4 unspecified atom stereocenters. The van der Waals surface area contributed by atoms with Crippen molar-refractivity contribution in [3.05, 3.63) is 46.7 Å². The van der Waals surface area contributed by atoms with E-state index in [4.69, 9.17) is 0 Å². The molecule has 2 saturated carbocycles. The van der Waals surface area contributed by atoms with E-state index in [1.807, 2.05) is 27.7 Å². The summed E-state index contributed by atoms with van der Waals surface area (Å²) in [7, 11) is -3.74. The van der Waals surface area contributed by atoms with Crippen molar-refractivity contribution < 1.29 is 17.9 Å². The number of aliphatic hydroxyl groups is 1. The topological polar surface area (TPSA) is 54.4 Å². The van der Waals surface area contributed by atoms with Gasteiger partial charge in [-0.1, -0.05) is 79.2 Å². The predicted octanol–water partition coefficient (Wildman–Crippen LogP) is 8.48. The summed E-state index contributed by atoms with van der Waals surface area (Å²) in [5.74, 6) is 0.803. The number of sulfone groups is 1. The van der Waals surface area contributed by atoms with E-state index < -0.39 is 21.1 Å². The van der Waals surface area contributed by atoms with Crippen LogP contribution >= 0.6 is 0 Å². The predicted molar refractivity (Wildman–Crippen MR) is 146 cm³/mol. The molecule has 0 amide bonds. The zero-order valence-electron chi connectivity index (χ0n) is 23.1. The zero-order valence-corrected chi connectivity index (χ0v) is 23.9. The third kappa shape index (κ3) is 9.11. The first-order valence-electron chi connectivity index (χ1n) is 13.3. The fraction of sp³-hybridized carbons (Fsp3) is 0.724. The van der Waals surface area contributed by atoms with Crippen LogP contribution in [0.15, 0.2) is 46.7 Å². The molecule has 4 atom stereocenters. The molecule has 0 saturated heterocycles. The fourth-order valence-corrected chi connectivity index (χ4v) is 5.72. The molecule has 3 nitrogen and oxygen atoms in total. The number of halogens is 1. The maximum Gasteiger partial charge on any atom is 0.210 e. The van der Waals surface area contributed by atoms with Gasteiger partial charge >= 0.3 is 0 Å². The number of hydrogen-bond acceptors (Lipinski definition) is 3. The Morgan fingerprint density at radius 2 is 1.82 bits per heavy atom. The van der Waals surface area contributed by atoms with E-state index in [1.54, 1.807) is 0 Å². The van der Waals surface area contributed by atoms with Crippen LogP contribution < -0.4 is 0 Å². The maximum atomic E-state index is 13.7. The van der Waals surface area contributed by atoms with Gasteiger partial charge in [0.1, 0.15) is 0 Å². The molecule has 1 N–H and O–H groups in total. The van der Waals surface area contributed by atoms with Crippen molar-refractivity contribution in [2.45, 2.75) is 112 Å². The summed E-state index contributed by atoms with van der Waals surface area (Å²) >= 11 is 0. The van der Waals surface area contributed by atoms with Crippen LogP contribution in [-0.4, -0.2) is 25.9 Å². The average Bonchev–Trinajstić information content (AvgIpc) is 2.82. The average molecular weight is 499 g/mol. The van der Waals surface area contributed by atoms with Gasteiger partial charge in [-0.05, 0) is 85.8 Å². The number of hydrogen-bond donors (Lipinski definition) is 1. The van der Waals surface area contributed by atoms with Crippen molar-refractivity contribution in [2.24, 2.45) is 17.3 Å². The lowest BCUT2D eigenvalue weighted by atomic mass is 9.58. The Labute approximate surface area is 210 Å². The highest BCUT2D eigenvalue weighted by Gasteiger charge is 2.41. The lowest BCUT2D eigenvalue weighted by Crippen LogP contribution is -2.37. The smallest absolute Gasteiger partial charge is 0.210 e. The van der Waals surface area contributed by atoms with E-state index in [2.05, 4.69) is 39.5 Å². The third-order valence-corrected chi connectivity index (χ3v) is 8.44. The van der Waals surface area contributed by atoms with Gasteiger partial charge in [0, 0.05) is 6.26 Å². The second-order valence-corrected chi connectivity index (χ2v) is 11.3. The second-order valence-electron chi connectivity index (χ2n) is 9.41. The number of aliphatic hydroxyl groups excluding tert-OH is 1. The fourth-order valence-electron chi connectivity index (χ4n) is 5.30. The minimum absolute atomic E-state index is 0.107. The number of rotatable bonds is 7. The van der Waals surface area contributed by atoms with Gasteiger partial charge in [-0.3, -0.25) is 0 Å². The van der Waals surface area contributed by atoms with Crippen molar-refractivity contribution >= 4 is 9.84 Å². The highest BCUT2D eigenvalue weighted by Crippen LogP contribution is 2.51. The standard InChI is InChI=1S/C25H39FO3S.2C2H6/c1-6-22(12-8-14-24(26)30(5,28)29)25(4)17-9-11-21(19(25)3)16-15-20-10-7-13-23(27)18(20)2;2*1-2/h14-16,19,22-23,27H,2,6-13,17H2,1,3-5H3;2*1-2H3/b20-15-,21-16+,24-14-;;. The van der Waals surface area contributed by atoms with Gasteiger partial charge in [0.2, 0.25) is 15.0 Å². The minimum Gasteiger partial charge on any atom is -0.388 e. The quantitative estimate of drug-likeness (QED) is 0.383. The van der Waals surface area contributed by atoms with E-state index in [0.29, 0.717) is 18.3 Å². The van der Waals surface area contributed by atoms with Crippen LogP contribution in [-0.2, 0) is 9.84 Å². The molecule has 0 bridgehead atoms. The van der Waals surface area contributed by atoms with Crippen LogP contribution in [0.3, 0.4) is 0 Å². The first kappa shape index (κ1) is 32.8. The molecule has 0 aromatic rings. The van der Waals surface area contributed by atoms with E-state index >= 15 is 0 Å². The highest BCUT2D eigenvalue weighted by atomic mass is 32.2. The second kappa shape index (κ2) is 15.7. The lowest BCUT2D eigenvalue weighted by Gasteiger charge is -2.47. The lowest BCUT2D eigenvalue weighted by molar-refractivity contribution is 0.0776. The van der Waals surface area contributed by atoms with Crippen molar-refractivity contribution in [3.8, 4) is 0 Å². The molecule has 34 heavy (non-hydrogen) atoms. The first-order chi connectivity index (χ1) is 16.0. The molecule has 5 heteroatoms. The Morgan fingerprint density at radius 1 is 1.21 bits per heavy atom. The molecule has 2 fully saturated rings. The minimum atomic E-state index is -3.74. The first-order valence-corrected chi connectivity index (χ1v) is 15.2. The van der Waals surface area contributed by atoms with E-state index in [-0.39, 0.29) is 5.41 Å². The molecule has 0 aromatic carbocycles. The van der Waals surface area contributed by atoms with Crippen molar-refractivity contribution in [3.63, 3.8) is 0 Å². The van der Waals surface area contributed by atoms with Gasteiger partial charge in [0.05, 0.1) is 6.10 Å². The van der Waals surface area contributed by atoms with Gasteiger partial charge in [-0.25, -0.2) is 8.42 Å². The van der Waals surface area contributed by atoms with Crippen LogP contribution in [0.2, 0.25) is 0 Å². The van der Waals surface area contributed by atoms with Crippen LogP contribution in [0.1, 0.15) is 106 Å². The Hall–Kier alpha value is -1.20. The van der Waals surface area contributed by atoms with Crippen molar-refractivity contribution in [2.75, 3.05) is 6.26 Å². The Bertz CT molecular complexity index is 822. The summed E-state index contributed by atoms with van der Waals surface area (Å²) in [6.07, 6.45) is 14.5. The highest BCUT2D eigenvalue weighted by molar-refractivity contribution is 7.94. The van der Waals surface area contributed by atoms with E-state index in [9.17, 15) is 17.9 Å². The third-order valence-electron chi connectivity index (χ3n) is 7.56. The Kier molecular flexibility index (Phi) is 15.2. The van der Waals surface area contributed by atoms with Gasteiger partial charge < -0.3 is 5.11 Å². The molecule has 2 rings (SSSR count). The molecular formula is C29H51FO3S. The summed E-state index contributed by atoms with van der Waals surface area (Å²) in [5, 5.41) is 9.05. The normalized spacial score (nSPS) is 29.1. The van der Waals surface area contributed by atoms with Crippen molar-refractivity contribution in [1.82, 2.24) is 0 Å². The van der Waals surface area contributed by atoms with Crippen molar-refractivity contribution in [1.29, 1.82) is 0 Å².